The van der Waals surface area contributed by atoms with Crippen molar-refractivity contribution in [3.63, 3.8) is 0 Å². The summed E-state index contributed by atoms with van der Waals surface area (Å²) in [5.41, 5.74) is 0.674. The van der Waals surface area contributed by atoms with Crippen LogP contribution in [0.3, 0.4) is 0 Å². The van der Waals surface area contributed by atoms with Crippen molar-refractivity contribution in [2.45, 2.75) is 18.6 Å². The van der Waals surface area contributed by atoms with Crippen LogP contribution in [0.25, 0.3) is 10.9 Å². The van der Waals surface area contributed by atoms with Gasteiger partial charge in [0.05, 0.1) is 17.3 Å². The average Bonchev–Trinajstić information content (AvgIpc) is 3.17. The molecule has 0 radical (unpaired) electrons. The highest BCUT2D eigenvalue weighted by Crippen LogP contribution is 2.40. The van der Waals surface area contributed by atoms with Crippen molar-refractivity contribution in [1.82, 2.24) is 20.4 Å². The van der Waals surface area contributed by atoms with Crippen molar-refractivity contribution in [2.75, 3.05) is 13.1 Å². The summed E-state index contributed by atoms with van der Waals surface area (Å²) in [6, 6.07) is 10.6. The number of carbonyl (C=O) groups is 2. The number of rotatable bonds is 1. The molecule has 0 bridgehead atoms. The topological polar surface area (TPSA) is 87.3 Å². The van der Waals surface area contributed by atoms with Crippen LogP contribution in [0.1, 0.15) is 33.6 Å². The van der Waals surface area contributed by atoms with Crippen LogP contribution in [-0.4, -0.2) is 45.7 Å². The molecule has 8 heteroatoms. The van der Waals surface area contributed by atoms with E-state index in [1.807, 2.05) is 6.07 Å². The molecule has 2 aliphatic rings. The lowest BCUT2D eigenvalue weighted by Gasteiger charge is -2.47. The molecule has 2 N–H and O–H groups in total. The van der Waals surface area contributed by atoms with Gasteiger partial charge in [-0.25, -0.2) is 4.90 Å². The zero-order valence-electron chi connectivity index (χ0n) is 14.9. The summed E-state index contributed by atoms with van der Waals surface area (Å²) in [6.07, 6.45) is 2.73. The molecule has 1 fully saturated rings. The molecular formula is C20H17BrN4O3. The molecule has 5 rings (SSSR count). The van der Waals surface area contributed by atoms with Gasteiger partial charge in [0.25, 0.3) is 11.8 Å². The number of carbonyl (C=O) groups excluding carboxylic acids is 2. The number of fused-ring (bicyclic) bond motifs is 2. The normalized spacial score (nSPS) is 18.2. The summed E-state index contributed by atoms with van der Waals surface area (Å²) in [5.74, 6) is -0.174. The van der Waals surface area contributed by atoms with Gasteiger partial charge in [0, 0.05) is 41.4 Å². The number of amides is 2. The van der Waals surface area contributed by atoms with E-state index in [1.165, 1.54) is 4.90 Å². The maximum Gasteiger partial charge on any atom is 0.267 e. The highest BCUT2D eigenvalue weighted by atomic mass is 79.9. The Morgan fingerprint density at radius 2 is 2.00 bits per heavy atom. The average molecular weight is 441 g/mol. The zero-order chi connectivity index (χ0) is 19.3. The zero-order valence-corrected chi connectivity index (χ0v) is 16.5. The van der Waals surface area contributed by atoms with Crippen LogP contribution in [0.2, 0.25) is 0 Å². The first-order valence-corrected chi connectivity index (χ1v) is 9.88. The first-order chi connectivity index (χ1) is 13.6. The fourth-order valence-electron chi connectivity index (χ4n) is 3.94. The van der Waals surface area contributed by atoms with Crippen LogP contribution < -0.4 is 10.1 Å². The predicted octanol–water partition coefficient (Wildman–Crippen LogP) is 3.08. The second-order valence-electron chi connectivity index (χ2n) is 7.06. The van der Waals surface area contributed by atoms with Crippen LogP contribution in [0, 0.1) is 0 Å². The van der Waals surface area contributed by atoms with Crippen LogP contribution >= 0.6 is 15.9 Å². The summed E-state index contributed by atoms with van der Waals surface area (Å²) in [6.45, 7) is 1.34. The van der Waals surface area contributed by atoms with Crippen molar-refractivity contribution in [1.29, 1.82) is 0 Å². The van der Waals surface area contributed by atoms with Gasteiger partial charge >= 0.3 is 0 Å². The van der Waals surface area contributed by atoms with Crippen molar-refractivity contribution in [3.8, 4) is 5.75 Å². The van der Waals surface area contributed by atoms with E-state index >= 15 is 0 Å². The van der Waals surface area contributed by atoms with Gasteiger partial charge in [0.1, 0.15) is 5.75 Å². The second kappa shape index (κ2) is 6.42. The number of halogens is 1. The molecule has 142 valence electrons. The summed E-state index contributed by atoms with van der Waals surface area (Å²) in [4.78, 5) is 28.3. The monoisotopic (exact) mass is 440 g/mol. The maximum atomic E-state index is 13.5. The number of piperidine rings is 1. The minimum atomic E-state index is -0.981. The largest absolute Gasteiger partial charge is 0.466 e. The predicted molar refractivity (Wildman–Crippen MR) is 106 cm³/mol. The number of imide groups is 1. The van der Waals surface area contributed by atoms with E-state index in [1.54, 1.807) is 36.5 Å². The molecule has 1 aromatic heterocycles. The highest BCUT2D eigenvalue weighted by Gasteiger charge is 2.51. The maximum absolute atomic E-state index is 13.5. The lowest BCUT2D eigenvalue weighted by Crippen LogP contribution is -2.64. The lowest BCUT2D eigenvalue weighted by molar-refractivity contribution is -0.0776. The third-order valence-electron chi connectivity index (χ3n) is 5.36. The molecular weight excluding hydrogens is 424 g/mol. The van der Waals surface area contributed by atoms with Gasteiger partial charge in [0.15, 0.2) is 5.72 Å². The molecule has 0 atom stereocenters. The minimum Gasteiger partial charge on any atom is -0.466 e. The smallest absolute Gasteiger partial charge is 0.267 e. The molecule has 0 aliphatic carbocycles. The number of ether oxygens (including phenoxy) is 1. The number of aromatic nitrogens is 2. The molecule has 2 aliphatic heterocycles. The van der Waals surface area contributed by atoms with Gasteiger partial charge in [-0.05, 0) is 36.4 Å². The van der Waals surface area contributed by atoms with Crippen LogP contribution in [-0.2, 0) is 0 Å². The third-order valence-corrected chi connectivity index (χ3v) is 5.85. The summed E-state index contributed by atoms with van der Waals surface area (Å²) in [7, 11) is 0. The van der Waals surface area contributed by atoms with Gasteiger partial charge in [-0.1, -0.05) is 15.9 Å². The van der Waals surface area contributed by atoms with E-state index < -0.39 is 5.72 Å². The quantitative estimate of drug-likeness (QED) is 0.567. The fraction of sp³-hybridized carbons (Fsp3) is 0.250. The Morgan fingerprint density at radius 3 is 2.82 bits per heavy atom. The Morgan fingerprint density at radius 1 is 1.18 bits per heavy atom. The van der Waals surface area contributed by atoms with Crippen LogP contribution in [0.5, 0.6) is 5.75 Å². The third kappa shape index (κ3) is 2.63. The standard InChI is InChI=1S/C20H17BrN4O3/c21-14-2-4-17-15(10-14)19(27)25(20(28-17)5-7-22-8-6-20)18(26)12-1-3-16-13(9-12)11-23-24-16/h1-4,9-11,22H,5-8H2,(H,23,24). The van der Waals surface area contributed by atoms with E-state index in [0.29, 0.717) is 42.8 Å². The number of nitrogens with zero attached hydrogens (tertiary/aromatic N) is 2. The summed E-state index contributed by atoms with van der Waals surface area (Å²) in [5, 5.41) is 11.0. The van der Waals surface area contributed by atoms with Crippen LogP contribution in [0.15, 0.2) is 47.1 Å². The van der Waals surface area contributed by atoms with E-state index in [9.17, 15) is 9.59 Å². The molecule has 3 aromatic rings. The first kappa shape index (κ1) is 17.4. The van der Waals surface area contributed by atoms with Gasteiger partial charge in [-0.2, -0.15) is 5.10 Å². The van der Waals surface area contributed by atoms with Crippen LogP contribution in [0.4, 0.5) is 0 Å². The molecule has 0 saturated carbocycles. The number of hydrogen-bond donors (Lipinski definition) is 2. The molecule has 28 heavy (non-hydrogen) atoms. The van der Waals surface area contributed by atoms with E-state index in [2.05, 4.69) is 31.4 Å². The van der Waals surface area contributed by atoms with Crippen molar-refractivity contribution < 1.29 is 14.3 Å². The Labute approximate surface area is 169 Å². The molecule has 7 nitrogen and oxygen atoms in total. The molecule has 0 unspecified atom stereocenters. The molecule has 3 heterocycles. The van der Waals surface area contributed by atoms with Gasteiger partial charge in [-0.15, -0.1) is 0 Å². The van der Waals surface area contributed by atoms with Gasteiger partial charge in [-0.3, -0.25) is 14.7 Å². The minimum absolute atomic E-state index is 0.332. The Balaban J connectivity index is 1.63. The Kier molecular flexibility index (Phi) is 3.99. The van der Waals surface area contributed by atoms with Gasteiger partial charge in [0.2, 0.25) is 0 Å². The van der Waals surface area contributed by atoms with E-state index in [-0.39, 0.29) is 11.8 Å². The Bertz CT molecular complexity index is 1100. The fourth-order valence-corrected chi connectivity index (χ4v) is 4.30. The van der Waals surface area contributed by atoms with E-state index in [0.717, 1.165) is 15.4 Å². The number of aromatic amines is 1. The first-order valence-electron chi connectivity index (χ1n) is 9.09. The summed E-state index contributed by atoms with van der Waals surface area (Å²) >= 11 is 3.40. The lowest BCUT2D eigenvalue weighted by atomic mass is 9.94. The molecule has 1 spiro atoms. The SMILES string of the molecule is O=C(c1ccc2[nH]ncc2c1)N1C(=O)c2cc(Br)ccc2OC12CCNCC2. The van der Waals surface area contributed by atoms with Crippen molar-refractivity contribution >= 4 is 38.6 Å². The highest BCUT2D eigenvalue weighted by molar-refractivity contribution is 9.10. The molecule has 2 aromatic carbocycles. The molecule has 2 amide bonds. The summed E-state index contributed by atoms with van der Waals surface area (Å²) < 4.78 is 7.08. The van der Waals surface area contributed by atoms with Crippen molar-refractivity contribution in [3.05, 3.63) is 58.2 Å². The number of H-pyrrole nitrogens is 1. The number of benzene rings is 2. The number of hydrogen-bond acceptors (Lipinski definition) is 5. The second-order valence-corrected chi connectivity index (χ2v) is 7.97. The number of nitrogens with one attached hydrogen (secondary N) is 2. The Hall–Kier alpha value is -2.71. The van der Waals surface area contributed by atoms with Crippen molar-refractivity contribution in [2.24, 2.45) is 0 Å². The molecule has 1 saturated heterocycles. The van der Waals surface area contributed by atoms with Gasteiger partial charge < -0.3 is 10.1 Å². The van der Waals surface area contributed by atoms with E-state index in [4.69, 9.17) is 4.74 Å².